The van der Waals surface area contributed by atoms with E-state index in [0.717, 1.165) is 23.2 Å². The molecule has 2 N–H and O–H groups in total. The fraction of sp³-hybridized carbons (Fsp3) is 0.273. The Morgan fingerprint density at radius 2 is 2.09 bits per heavy atom. The Bertz CT molecular complexity index is 1460. The minimum Gasteiger partial charge on any atom is -0.313 e. The molecule has 13 heteroatoms. The molecule has 0 bridgehead atoms. The maximum absolute atomic E-state index is 12.1. The zero-order valence-corrected chi connectivity index (χ0v) is 18.6. The number of rotatable bonds is 4. The van der Waals surface area contributed by atoms with E-state index < -0.39 is 24.0 Å². The lowest BCUT2D eigenvalue weighted by Crippen LogP contribution is -2.29. The van der Waals surface area contributed by atoms with Gasteiger partial charge in [-0.25, -0.2) is 14.8 Å². The number of aliphatic imine (C=N–C) groups is 1. The molecular formula is C22H21F3N8O2. The quantitative estimate of drug-likeness (QED) is 0.549. The summed E-state index contributed by atoms with van der Waals surface area (Å²) >= 11 is 0. The third kappa shape index (κ3) is 5.45. The number of halogens is 3. The molecule has 5 rings (SSSR count). The maximum atomic E-state index is 12.1. The number of hydrogen-bond acceptors (Lipinski definition) is 7. The number of fused-ring (bicyclic) bond motifs is 1. The van der Waals surface area contributed by atoms with Crippen LogP contribution in [0, 0.1) is 5.92 Å². The van der Waals surface area contributed by atoms with Gasteiger partial charge in [0, 0.05) is 30.7 Å². The first kappa shape index (κ1) is 23.9. The van der Waals surface area contributed by atoms with Crippen LogP contribution in [0.5, 0.6) is 0 Å². The van der Waals surface area contributed by atoms with E-state index in [1.807, 2.05) is 19.1 Å². The number of aromatic amines is 2. The Morgan fingerprint density at radius 1 is 1.31 bits per heavy atom. The van der Waals surface area contributed by atoms with Crippen LogP contribution in [-0.4, -0.2) is 48.3 Å². The molecule has 4 heterocycles. The van der Waals surface area contributed by atoms with Gasteiger partial charge in [0.2, 0.25) is 0 Å². The van der Waals surface area contributed by atoms with Crippen LogP contribution in [0.1, 0.15) is 25.3 Å². The number of nitrogens with zero attached hydrogens (tertiary/aromatic N) is 6. The predicted octanol–water partition coefficient (Wildman–Crippen LogP) is 2.93. The molecule has 3 aromatic rings. The number of aromatic nitrogens is 5. The molecule has 1 aliphatic carbocycles. The highest BCUT2D eigenvalue weighted by molar-refractivity contribution is 6.09. The van der Waals surface area contributed by atoms with Gasteiger partial charge in [-0.15, -0.1) is 0 Å². The van der Waals surface area contributed by atoms with E-state index >= 15 is 0 Å². The first-order valence-electron chi connectivity index (χ1n) is 10.6. The van der Waals surface area contributed by atoms with Crippen LogP contribution in [0.15, 0.2) is 74.1 Å². The third-order valence-electron chi connectivity index (χ3n) is 5.21. The van der Waals surface area contributed by atoms with Gasteiger partial charge < -0.3 is 4.98 Å². The van der Waals surface area contributed by atoms with E-state index in [1.54, 1.807) is 17.1 Å². The van der Waals surface area contributed by atoms with Gasteiger partial charge in [-0.1, -0.05) is 0 Å². The van der Waals surface area contributed by atoms with Crippen LogP contribution in [0.4, 0.5) is 13.2 Å². The third-order valence-corrected chi connectivity index (χ3v) is 5.21. The van der Waals surface area contributed by atoms with Crippen molar-refractivity contribution in [3.63, 3.8) is 0 Å². The molecule has 1 fully saturated rings. The molecular weight excluding hydrogens is 465 g/mol. The van der Waals surface area contributed by atoms with Crippen molar-refractivity contribution < 1.29 is 13.2 Å². The Balaban J connectivity index is 0.000000179. The van der Waals surface area contributed by atoms with Crippen LogP contribution in [0.2, 0.25) is 0 Å². The fourth-order valence-corrected chi connectivity index (χ4v) is 3.49. The minimum atomic E-state index is -4.26. The first-order chi connectivity index (χ1) is 16.7. The lowest BCUT2D eigenvalue weighted by molar-refractivity contribution is -0.141. The second kappa shape index (κ2) is 9.52. The molecule has 2 aliphatic rings. The monoisotopic (exact) mass is 486 g/mol. The summed E-state index contributed by atoms with van der Waals surface area (Å²) in [5, 5.41) is 9.31. The largest absolute Gasteiger partial charge is 0.408 e. The highest BCUT2D eigenvalue weighted by atomic mass is 19.4. The number of allylic oxidation sites excluding steroid dienone is 3. The Hall–Kier alpha value is -4.29. The fourth-order valence-electron chi connectivity index (χ4n) is 3.49. The number of hydrazone groups is 1. The van der Waals surface area contributed by atoms with E-state index in [4.69, 9.17) is 0 Å². The zero-order valence-electron chi connectivity index (χ0n) is 18.6. The van der Waals surface area contributed by atoms with Gasteiger partial charge in [-0.05, 0) is 44.1 Å². The van der Waals surface area contributed by atoms with Gasteiger partial charge in [0.25, 0.3) is 5.56 Å². The molecule has 0 spiro atoms. The summed E-state index contributed by atoms with van der Waals surface area (Å²) in [6.07, 6.45) is 5.78. The molecule has 0 saturated heterocycles. The van der Waals surface area contributed by atoms with Gasteiger partial charge in [-0.3, -0.25) is 19.4 Å². The molecule has 0 amide bonds. The van der Waals surface area contributed by atoms with E-state index in [9.17, 15) is 22.8 Å². The molecule has 1 aliphatic heterocycles. The number of pyridine rings is 1. The van der Waals surface area contributed by atoms with E-state index in [0.29, 0.717) is 34.0 Å². The number of nitrogens with one attached hydrogen (secondary N) is 2. The van der Waals surface area contributed by atoms with Gasteiger partial charge in [-0.2, -0.15) is 23.4 Å². The summed E-state index contributed by atoms with van der Waals surface area (Å²) in [4.78, 5) is 36.0. The Labute approximate surface area is 196 Å². The smallest absolute Gasteiger partial charge is 0.313 e. The highest BCUT2D eigenvalue weighted by Crippen LogP contribution is 2.41. The molecule has 35 heavy (non-hydrogen) atoms. The summed E-state index contributed by atoms with van der Waals surface area (Å²) < 4.78 is 37.1. The van der Waals surface area contributed by atoms with E-state index in [-0.39, 0.29) is 0 Å². The van der Waals surface area contributed by atoms with E-state index in [1.165, 1.54) is 18.6 Å². The van der Waals surface area contributed by atoms with Crippen molar-refractivity contribution in [2.75, 3.05) is 0 Å². The second-order valence-electron chi connectivity index (χ2n) is 7.75. The van der Waals surface area contributed by atoms with Crippen LogP contribution in [0.3, 0.4) is 0 Å². The molecule has 10 nitrogen and oxygen atoms in total. The maximum Gasteiger partial charge on any atom is 0.408 e. The van der Waals surface area contributed by atoms with Gasteiger partial charge >= 0.3 is 11.9 Å². The summed E-state index contributed by atoms with van der Waals surface area (Å²) in [6, 6.07) is 3.14. The number of hydrogen-bond donors (Lipinski definition) is 2. The molecule has 182 valence electrons. The zero-order chi connectivity index (χ0) is 25.2. The number of alkyl halides is 3. The van der Waals surface area contributed by atoms with Crippen LogP contribution in [-0.2, 0) is 6.54 Å². The standard InChI is InChI=1S/C14H15N5O2.C8H6F3N3/c1-3-12-17-10(9-7-16-14(21)18-13(9)20)6-11(8-4-5-8)19(12)15-2;9-8(10,11)5-14-7-2-1-3-12-6(7)4-13-14/h3,6-8H,2,4-5H2,1H3,(H2,16,18,20,21);1-4H,5H2/b12-3-;. The summed E-state index contributed by atoms with van der Waals surface area (Å²) in [6.45, 7) is 4.35. The normalized spacial score (nSPS) is 17.0. The van der Waals surface area contributed by atoms with Crippen molar-refractivity contribution in [2.24, 2.45) is 16.0 Å². The van der Waals surface area contributed by atoms with Gasteiger partial charge in [0.1, 0.15) is 17.9 Å². The Morgan fingerprint density at radius 3 is 2.71 bits per heavy atom. The van der Waals surface area contributed by atoms with Crippen LogP contribution < -0.4 is 11.2 Å². The molecule has 1 saturated carbocycles. The van der Waals surface area contributed by atoms with Gasteiger partial charge in [0.05, 0.1) is 23.0 Å². The van der Waals surface area contributed by atoms with Crippen molar-refractivity contribution in [3.8, 4) is 0 Å². The topological polar surface area (TPSA) is 124 Å². The molecule has 0 radical (unpaired) electrons. The number of H-pyrrole nitrogens is 2. The lowest BCUT2D eigenvalue weighted by atomic mass is 10.1. The van der Waals surface area contributed by atoms with Crippen LogP contribution >= 0.6 is 0 Å². The predicted molar refractivity (Wildman–Crippen MR) is 124 cm³/mol. The summed E-state index contributed by atoms with van der Waals surface area (Å²) in [5.74, 6) is 1.03. The summed E-state index contributed by atoms with van der Waals surface area (Å²) in [5.41, 5.74) is 1.69. The van der Waals surface area contributed by atoms with Crippen molar-refractivity contribution >= 4 is 23.5 Å². The van der Waals surface area contributed by atoms with Crippen molar-refractivity contribution in [3.05, 3.63) is 80.8 Å². The average molecular weight is 486 g/mol. The van der Waals surface area contributed by atoms with Crippen LogP contribution in [0.25, 0.3) is 11.0 Å². The van der Waals surface area contributed by atoms with E-state index in [2.05, 4.69) is 36.9 Å². The first-order valence-corrected chi connectivity index (χ1v) is 10.6. The van der Waals surface area contributed by atoms with Crippen molar-refractivity contribution in [1.82, 2.24) is 29.7 Å². The van der Waals surface area contributed by atoms with Gasteiger partial charge in [0.15, 0.2) is 0 Å². The highest BCUT2D eigenvalue weighted by Gasteiger charge is 2.34. The summed E-state index contributed by atoms with van der Waals surface area (Å²) in [7, 11) is 0. The Kier molecular flexibility index (Phi) is 6.49. The minimum absolute atomic E-state index is 0.329. The lowest BCUT2D eigenvalue weighted by Gasteiger charge is -2.26. The SMILES string of the molecule is C=NN1C(C2CC2)=CC(c2c[nH]c(=O)[nH]c2=O)=N/C1=C/C.FC(F)(F)Cn1ncc2ncccc21. The average Bonchev–Trinajstić information content (AvgIpc) is 3.59. The molecule has 0 atom stereocenters. The molecule has 3 aromatic heterocycles. The second-order valence-corrected chi connectivity index (χ2v) is 7.75. The molecule has 0 unspecified atom stereocenters. The molecule has 0 aromatic carbocycles. The van der Waals surface area contributed by atoms with Crippen molar-refractivity contribution in [1.29, 1.82) is 0 Å². The van der Waals surface area contributed by atoms with Crippen molar-refractivity contribution in [2.45, 2.75) is 32.5 Å².